The van der Waals surface area contributed by atoms with Crippen molar-refractivity contribution in [3.63, 3.8) is 0 Å². The fourth-order valence-corrected chi connectivity index (χ4v) is 2.64. The van der Waals surface area contributed by atoms with Gasteiger partial charge in [0.05, 0.1) is 5.75 Å². The Morgan fingerprint density at radius 1 is 1.09 bits per heavy atom. The highest BCUT2D eigenvalue weighted by molar-refractivity contribution is 7.89. The van der Waals surface area contributed by atoms with Gasteiger partial charge in [0.25, 0.3) is 0 Å². The molecule has 124 valence electrons. The van der Waals surface area contributed by atoms with Gasteiger partial charge in [-0.1, -0.05) is 24.3 Å². The highest BCUT2D eigenvalue weighted by Crippen LogP contribution is 2.27. The van der Waals surface area contributed by atoms with Crippen LogP contribution in [0.15, 0.2) is 36.5 Å². The van der Waals surface area contributed by atoms with Gasteiger partial charge in [0.2, 0.25) is 5.95 Å². The summed E-state index contributed by atoms with van der Waals surface area (Å²) in [5.41, 5.74) is 0.397. The highest BCUT2D eigenvalue weighted by atomic mass is 32.2. The van der Waals surface area contributed by atoms with E-state index in [-0.39, 0.29) is 18.2 Å². The Kier molecular flexibility index (Phi) is 4.88. The van der Waals surface area contributed by atoms with Gasteiger partial charge in [0, 0.05) is 19.0 Å². The standard InChI is InChI=1S/C14H14F3N3O2S/c1-23(21,22)9-11-4-2-10(3-5-11)8-19-13-18-7-6-12(20-13)14(15,16)17/h2-7H,8-9H2,1H3,(H,18,19,20). The van der Waals surface area contributed by atoms with Crippen molar-refractivity contribution in [1.82, 2.24) is 9.97 Å². The van der Waals surface area contributed by atoms with Crippen LogP contribution in [-0.4, -0.2) is 24.6 Å². The second-order valence-electron chi connectivity index (χ2n) is 5.00. The molecule has 5 nitrogen and oxygen atoms in total. The Hall–Kier alpha value is -2.16. The van der Waals surface area contributed by atoms with Gasteiger partial charge >= 0.3 is 6.18 Å². The molecule has 0 aliphatic rings. The maximum absolute atomic E-state index is 12.5. The van der Waals surface area contributed by atoms with Crippen LogP contribution in [0.2, 0.25) is 0 Å². The Balaban J connectivity index is 2.01. The summed E-state index contributed by atoms with van der Waals surface area (Å²) in [5, 5.41) is 2.70. The molecule has 1 heterocycles. The Labute approximate surface area is 131 Å². The second-order valence-corrected chi connectivity index (χ2v) is 7.14. The number of halogens is 3. The lowest BCUT2D eigenvalue weighted by Crippen LogP contribution is -2.11. The lowest BCUT2D eigenvalue weighted by Gasteiger charge is -2.09. The van der Waals surface area contributed by atoms with Crippen LogP contribution in [0.5, 0.6) is 0 Å². The molecule has 9 heteroatoms. The number of hydrogen-bond donors (Lipinski definition) is 1. The zero-order valence-corrected chi connectivity index (χ0v) is 12.9. The van der Waals surface area contributed by atoms with E-state index < -0.39 is 21.7 Å². The molecule has 2 rings (SSSR count). The van der Waals surface area contributed by atoms with E-state index in [2.05, 4.69) is 15.3 Å². The molecule has 0 aliphatic heterocycles. The third-order valence-electron chi connectivity index (χ3n) is 2.85. The second kappa shape index (κ2) is 6.53. The third kappa shape index (κ3) is 5.51. The molecule has 0 fully saturated rings. The van der Waals surface area contributed by atoms with E-state index in [4.69, 9.17) is 0 Å². The maximum Gasteiger partial charge on any atom is 0.433 e. The van der Waals surface area contributed by atoms with Crippen molar-refractivity contribution in [2.75, 3.05) is 11.6 Å². The molecule has 0 saturated heterocycles. The van der Waals surface area contributed by atoms with Crippen molar-refractivity contribution in [2.24, 2.45) is 0 Å². The summed E-state index contributed by atoms with van der Waals surface area (Å²) < 4.78 is 60.0. The fraction of sp³-hybridized carbons (Fsp3) is 0.286. The van der Waals surface area contributed by atoms with E-state index in [1.54, 1.807) is 24.3 Å². The number of benzene rings is 1. The first-order chi connectivity index (χ1) is 10.6. The van der Waals surface area contributed by atoms with Crippen LogP contribution in [0, 0.1) is 0 Å². The van der Waals surface area contributed by atoms with Gasteiger partial charge in [-0.15, -0.1) is 0 Å². The van der Waals surface area contributed by atoms with Gasteiger partial charge in [-0.25, -0.2) is 18.4 Å². The molecule has 0 aliphatic carbocycles. The summed E-state index contributed by atoms with van der Waals surface area (Å²) in [4.78, 5) is 7.13. The van der Waals surface area contributed by atoms with Crippen LogP contribution < -0.4 is 5.32 Å². The number of sulfone groups is 1. The van der Waals surface area contributed by atoms with Crippen molar-refractivity contribution in [3.05, 3.63) is 53.3 Å². The zero-order valence-electron chi connectivity index (χ0n) is 12.1. The van der Waals surface area contributed by atoms with Gasteiger partial charge in [0.1, 0.15) is 5.69 Å². The number of alkyl halides is 3. The molecule has 0 amide bonds. The monoisotopic (exact) mass is 345 g/mol. The summed E-state index contributed by atoms with van der Waals surface area (Å²) in [5.74, 6) is -0.183. The lowest BCUT2D eigenvalue weighted by atomic mass is 10.1. The average molecular weight is 345 g/mol. The molecular formula is C14H14F3N3O2S. The Morgan fingerprint density at radius 2 is 1.70 bits per heavy atom. The summed E-state index contributed by atoms with van der Waals surface area (Å²) in [7, 11) is -3.11. The van der Waals surface area contributed by atoms with Gasteiger partial charge in [-0.05, 0) is 17.2 Å². The largest absolute Gasteiger partial charge is 0.433 e. The quantitative estimate of drug-likeness (QED) is 0.902. The van der Waals surface area contributed by atoms with Crippen molar-refractivity contribution < 1.29 is 21.6 Å². The number of nitrogens with one attached hydrogen (secondary N) is 1. The van der Waals surface area contributed by atoms with Crippen LogP contribution >= 0.6 is 0 Å². The number of hydrogen-bond acceptors (Lipinski definition) is 5. The predicted octanol–water partition coefficient (Wildman–Crippen LogP) is 2.65. The van der Waals surface area contributed by atoms with Crippen molar-refractivity contribution in [2.45, 2.75) is 18.5 Å². The molecule has 2 aromatic rings. The lowest BCUT2D eigenvalue weighted by molar-refractivity contribution is -0.141. The van der Waals surface area contributed by atoms with E-state index in [0.717, 1.165) is 24.1 Å². The first kappa shape index (κ1) is 17.2. The molecule has 1 N–H and O–H groups in total. The molecule has 0 saturated carbocycles. The number of rotatable bonds is 5. The minimum atomic E-state index is -4.52. The van der Waals surface area contributed by atoms with E-state index in [0.29, 0.717) is 5.56 Å². The Bertz CT molecular complexity index is 775. The predicted molar refractivity (Wildman–Crippen MR) is 79.4 cm³/mol. The molecule has 0 spiro atoms. The van der Waals surface area contributed by atoms with E-state index >= 15 is 0 Å². The first-order valence-electron chi connectivity index (χ1n) is 6.53. The first-order valence-corrected chi connectivity index (χ1v) is 8.59. The maximum atomic E-state index is 12.5. The molecule has 1 aromatic heterocycles. The van der Waals surface area contributed by atoms with Crippen LogP contribution in [0.25, 0.3) is 0 Å². The molecule has 0 unspecified atom stereocenters. The molecule has 0 bridgehead atoms. The molecule has 1 aromatic carbocycles. The van der Waals surface area contributed by atoms with Gasteiger partial charge < -0.3 is 5.32 Å². The zero-order chi connectivity index (χ0) is 17.1. The van der Waals surface area contributed by atoms with Crippen LogP contribution in [0.4, 0.5) is 19.1 Å². The summed E-state index contributed by atoms with van der Waals surface area (Å²) in [6, 6.07) is 7.50. The van der Waals surface area contributed by atoms with Crippen molar-refractivity contribution >= 4 is 15.8 Å². The molecule has 23 heavy (non-hydrogen) atoms. The summed E-state index contributed by atoms with van der Waals surface area (Å²) in [6.07, 6.45) is -2.34. The van der Waals surface area contributed by atoms with E-state index in [9.17, 15) is 21.6 Å². The smallest absolute Gasteiger partial charge is 0.350 e. The minimum Gasteiger partial charge on any atom is -0.350 e. The highest BCUT2D eigenvalue weighted by Gasteiger charge is 2.32. The van der Waals surface area contributed by atoms with Gasteiger partial charge in [-0.3, -0.25) is 0 Å². The number of aromatic nitrogens is 2. The minimum absolute atomic E-state index is 0.0581. The topological polar surface area (TPSA) is 72.0 Å². The van der Waals surface area contributed by atoms with Gasteiger partial charge in [-0.2, -0.15) is 13.2 Å². The average Bonchev–Trinajstić information content (AvgIpc) is 2.44. The van der Waals surface area contributed by atoms with E-state index in [1.165, 1.54) is 0 Å². The van der Waals surface area contributed by atoms with Gasteiger partial charge in [0.15, 0.2) is 9.84 Å². The van der Waals surface area contributed by atoms with Crippen molar-refractivity contribution in [1.29, 1.82) is 0 Å². The Morgan fingerprint density at radius 3 is 2.26 bits per heavy atom. The number of nitrogens with zero attached hydrogens (tertiary/aromatic N) is 2. The molecule has 0 atom stereocenters. The number of anilines is 1. The summed E-state index contributed by atoms with van der Waals surface area (Å²) in [6.45, 7) is 0.223. The normalized spacial score (nSPS) is 12.2. The van der Waals surface area contributed by atoms with Crippen LogP contribution in [0.1, 0.15) is 16.8 Å². The third-order valence-corrected chi connectivity index (χ3v) is 3.71. The van der Waals surface area contributed by atoms with E-state index in [1.807, 2.05) is 0 Å². The van der Waals surface area contributed by atoms with Crippen LogP contribution in [0.3, 0.4) is 0 Å². The molecule has 0 radical (unpaired) electrons. The SMILES string of the molecule is CS(=O)(=O)Cc1ccc(CNc2nccc(C(F)(F)F)n2)cc1. The fourth-order valence-electron chi connectivity index (χ4n) is 1.84. The molecular weight excluding hydrogens is 331 g/mol. The van der Waals surface area contributed by atoms with Crippen LogP contribution in [-0.2, 0) is 28.3 Å². The van der Waals surface area contributed by atoms with Crippen molar-refractivity contribution in [3.8, 4) is 0 Å². The summed E-state index contributed by atoms with van der Waals surface area (Å²) >= 11 is 0.